The van der Waals surface area contributed by atoms with Crippen LogP contribution < -0.4 is 10.1 Å². The highest BCUT2D eigenvalue weighted by molar-refractivity contribution is 5.96. The van der Waals surface area contributed by atoms with Gasteiger partial charge in [-0.25, -0.2) is 4.98 Å². The van der Waals surface area contributed by atoms with Gasteiger partial charge in [0.25, 0.3) is 5.69 Å². The van der Waals surface area contributed by atoms with Gasteiger partial charge in [0.05, 0.1) is 18.1 Å². The second-order valence-corrected chi connectivity index (χ2v) is 5.91. The number of nitro benzene ring substituents is 1. The van der Waals surface area contributed by atoms with E-state index < -0.39 is 11.0 Å². The van der Waals surface area contributed by atoms with Crippen LogP contribution in [-0.2, 0) is 0 Å². The molecule has 2 aromatic carbocycles. The molecule has 7 nitrogen and oxygen atoms in total. The summed E-state index contributed by atoms with van der Waals surface area (Å²) in [5.41, 5.74) is 2.40. The highest BCUT2D eigenvalue weighted by Gasteiger charge is 2.16. The van der Waals surface area contributed by atoms with Gasteiger partial charge in [0.1, 0.15) is 5.75 Å². The number of non-ortho nitro benzene ring substituents is 1. The first-order chi connectivity index (χ1) is 12.5. The van der Waals surface area contributed by atoms with Gasteiger partial charge in [0.2, 0.25) is 0 Å². The fourth-order valence-corrected chi connectivity index (χ4v) is 2.81. The third kappa shape index (κ3) is 3.57. The van der Waals surface area contributed by atoms with Gasteiger partial charge in [-0.1, -0.05) is 24.3 Å². The SMILES string of the molecule is COc1ccc(C(O)CNc2cc(C)nc3c([N+](=O)[O-])cccc23)cc1. The summed E-state index contributed by atoms with van der Waals surface area (Å²) >= 11 is 0. The first kappa shape index (κ1) is 17.6. The average Bonchev–Trinajstić information content (AvgIpc) is 2.65. The molecule has 7 heteroatoms. The molecular formula is C19H19N3O4. The highest BCUT2D eigenvalue weighted by Crippen LogP contribution is 2.30. The van der Waals surface area contributed by atoms with Crippen LogP contribution in [0.5, 0.6) is 5.75 Å². The third-order valence-corrected chi connectivity index (χ3v) is 4.13. The lowest BCUT2D eigenvalue weighted by atomic mass is 10.1. The van der Waals surface area contributed by atoms with Crippen molar-refractivity contribution in [3.8, 4) is 5.75 Å². The summed E-state index contributed by atoms with van der Waals surface area (Å²) in [6, 6.07) is 13.8. The van der Waals surface area contributed by atoms with Crippen molar-refractivity contribution < 1.29 is 14.8 Å². The Labute approximate surface area is 150 Å². The fourth-order valence-electron chi connectivity index (χ4n) is 2.81. The van der Waals surface area contributed by atoms with Crippen molar-refractivity contribution in [1.29, 1.82) is 0 Å². The number of nitrogens with one attached hydrogen (secondary N) is 1. The van der Waals surface area contributed by atoms with Crippen LogP contribution in [0.4, 0.5) is 11.4 Å². The maximum atomic E-state index is 11.2. The maximum Gasteiger partial charge on any atom is 0.295 e. The van der Waals surface area contributed by atoms with E-state index in [0.29, 0.717) is 22.3 Å². The van der Waals surface area contributed by atoms with Crippen molar-refractivity contribution >= 4 is 22.3 Å². The van der Waals surface area contributed by atoms with Crippen molar-refractivity contribution in [1.82, 2.24) is 4.98 Å². The van der Waals surface area contributed by atoms with Gasteiger partial charge in [-0.05, 0) is 30.7 Å². The van der Waals surface area contributed by atoms with Gasteiger partial charge >= 0.3 is 0 Å². The number of pyridine rings is 1. The van der Waals surface area contributed by atoms with Crippen LogP contribution in [0.2, 0.25) is 0 Å². The number of para-hydroxylation sites is 1. The second-order valence-electron chi connectivity index (χ2n) is 5.91. The number of fused-ring (bicyclic) bond motifs is 1. The number of aliphatic hydroxyl groups is 1. The average molecular weight is 353 g/mol. The molecule has 3 aromatic rings. The van der Waals surface area contributed by atoms with E-state index in [0.717, 1.165) is 11.3 Å². The van der Waals surface area contributed by atoms with Crippen molar-refractivity contribution in [2.24, 2.45) is 0 Å². The molecule has 1 atom stereocenters. The molecule has 1 heterocycles. The minimum Gasteiger partial charge on any atom is -0.497 e. The molecule has 0 saturated heterocycles. The Morgan fingerprint density at radius 3 is 2.65 bits per heavy atom. The van der Waals surface area contributed by atoms with Gasteiger partial charge < -0.3 is 15.2 Å². The lowest BCUT2D eigenvalue weighted by Gasteiger charge is -2.15. The molecule has 0 bridgehead atoms. The van der Waals surface area contributed by atoms with Crippen LogP contribution in [0, 0.1) is 17.0 Å². The summed E-state index contributed by atoms with van der Waals surface area (Å²) in [6.45, 7) is 2.04. The van der Waals surface area contributed by atoms with Gasteiger partial charge in [-0.3, -0.25) is 10.1 Å². The van der Waals surface area contributed by atoms with Crippen LogP contribution in [0.3, 0.4) is 0 Å². The zero-order valence-electron chi connectivity index (χ0n) is 14.5. The van der Waals surface area contributed by atoms with E-state index in [1.54, 1.807) is 50.4 Å². The summed E-state index contributed by atoms with van der Waals surface area (Å²) in [5.74, 6) is 0.719. The second kappa shape index (κ2) is 7.37. The molecule has 0 aliphatic heterocycles. The van der Waals surface area contributed by atoms with Gasteiger partial charge in [0.15, 0.2) is 5.52 Å². The third-order valence-electron chi connectivity index (χ3n) is 4.13. The molecule has 0 aliphatic carbocycles. The normalized spacial score (nSPS) is 12.0. The molecule has 3 rings (SSSR count). The largest absolute Gasteiger partial charge is 0.497 e. The minimum absolute atomic E-state index is 0.0371. The Morgan fingerprint density at radius 2 is 2.00 bits per heavy atom. The predicted molar refractivity (Wildman–Crippen MR) is 99.6 cm³/mol. The number of anilines is 1. The van der Waals surface area contributed by atoms with E-state index in [1.165, 1.54) is 6.07 Å². The molecule has 1 aromatic heterocycles. The number of ether oxygens (including phenoxy) is 1. The number of nitro groups is 1. The van der Waals surface area contributed by atoms with Gasteiger partial charge in [0, 0.05) is 29.4 Å². The first-order valence-electron chi connectivity index (χ1n) is 8.10. The van der Waals surface area contributed by atoms with E-state index in [4.69, 9.17) is 4.74 Å². The number of aromatic nitrogens is 1. The molecule has 0 aliphatic rings. The molecule has 0 saturated carbocycles. The summed E-state index contributed by atoms with van der Waals surface area (Å²) in [7, 11) is 1.59. The zero-order valence-corrected chi connectivity index (χ0v) is 14.5. The lowest BCUT2D eigenvalue weighted by Crippen LogP contribution is -2.12. The number of nitrogens with zero attached hydrogens (tertiary/aromatic N) is 2. The lowest BCUT2D eigenvalue weighted by molar-refractivity contribution is -0.383. The molecule has 2 N–H and O–H groups in total. The topological polar surface area (TPSA) is 97.5 Å². The van der Waals surface area contributed by atoms with E-state index in [2.05, 4.69) is 10.3 Å². The molecule has 26 heavy (non-hydrogen) atoms. The van der Waals surface area contributed by atoms with Crippen LogP contribution >= 0.6 is 0 Å². The van der Waals surface area contributed by atoms with Crippen molar-refractivity contribution in [3.63, 3.8) is 0 Å². The maximum absolute atomic E-state index is 11.2. The number of hydrogen-bond donors (Lipinski definition) is 2. The van der Waals surface area contributed by atoms with Gasteiger partial charge in [-0.15, -0.1) is 0 Å². The molecule has 134 valence electrons. The van der Waals surface area contributed by atoms with Crippen LogP contribution in [-0.4, -0.2) is 28.7 Å². The predicted octanol–water partition coefficient (Wildman–Crippen LogP) is 3.61. The Bertz CT molecular complexity index is 941. The number of hydrogen-bond acceptors (Lipinski definition) is 6. The quantitative estimate of drug-likeness (QED) is 0.519. The smallest absolute Gasteiger partial charge is 0.295 e. The number of methoxy groups -OCH3 is 1. The number of benzene rings is 2. The van der Waals surface area contributed by atoms with E-state index in [9.17, 15) is 15.2 Å². The molecular weight excluding hydrogens is 334 g/mol. The Balaban J connectivity index is 1.86. The fraction of sp³-hybridized carbons (Fsp3) is 0.211. The molecule has 0 amide bonds. The monoisotopic (exact) mass is 353 g/mol. The summed E-state index contributed by atoms with van der Waals surface area (Å²) < 4.78 is 5.11. The van der Waals surface area contributed by atoms with E-state index >= 15 is 0 Å². The Kier molecular flexibility index (Phi) is 4.99. The van der Waals surface area contributed by atoms with Crippen LogP contribution in [0.15, 0.2) is 48.5 Å². The molecule has 0 radical (unpaired) electrons. The van der Waals surface area contributed by atoms with Crippen molar-refractivity contribution in [3.05, 3.63) is 69.9 Å². The van der Waals surface area contributed by atoms with Crippen molar-refractivity contribution in [2.45, 2.75) is 13.0 Å². The molecule has 0 fully saturated rings. The minimum atomic E-state index is -0.733. The molecule has 0 spiro atoms. The Hall–Kier alpha value is -3.19. The summed E-state index contributed by atoms with van der Waals surface area (Å²) in [4.78, 5) is 15.1. The summed E-state index contributed by atoms with van der Waals surface area (Å²) in [6.07, 6.45) is -0.733. The standard InChI is InChI=1S/C19H19N3O4/c1-12-10-16(15-4-3-5-17(22(24)25)19(15)21-12)20-11-18(23)13-6-8-14(26-2)9-7-13/h3-10,18,23H,11H2,1-2H3,(H,20,21). The molecule has 1 unspecified atom stereocenters. The number of aliphatic hydroxyl groups excluding tert-OH is 1. The number of rotatable bonds is 6. The van der Waals surface area contributed by atoms with Crippen LogP contribution in [0.25, 0.3) is 10.9 Å². The Morgan fingerprint density at radius 1 is 1.27 bits per heavy atom. The highest BCUT2D eigenvalue weighted by atomic mass is 16.6. The van der Waals surface area contributed by atoms with Crippen LogP contribution in [0.1, 0.15) is 17.4 Å². The van der Waals surface area contributed by atoms with Gasteiger partial charge in [-0.2, -0.15) is 0 Å². The zero-order chi connectivity index (χ0) is 18.7. The van der Waals surface area contributed by atoms with E-state index in [1.807, 2.05) is 6.07 Å². The number of aryl methyl sites for hydroxylation is 1. The van der Waals surface area contributed by atoms with E-state index in [-0.39, 0.29) is 12.2 Å². The van der Waals surface area contributed by atoms with Crippen molar-refractivity contribution in [2.75, 3.05) is 19.0 Å². The summed E-state index contributed by atoms with van der Waals surface area (Å²) in [5, 5.41) is 25.5. The first-order valence-corrected chi connectivity index (χ1v) is 8.10.